The highest BCUT2D eigenvalue weighted by Gasteiger charge is 2.27. The zero-order chi connectivity index (χ0) is 25.4. The predicted octanol–water partition coefficient (Wildman–Crippen LogP) is 4.23. The van der Waals surface area contributed by atoms with E-state index in [1.165, 1.54) is 24.3 Å². The predicted molar refractivity (Wildman–Crippen MR) is 133 cm³/mol. The van der Waals surface area contributed by atoms with Crippen LogP contribution in [0.4, 0.5) is 10.1 Å². The number of carbonyl (C=O) groups excluding carboxylic acids is 1. The van der Waals surface area contributed by atoms with Crippen molar-refractivity contribution in [1.29, 1.82) is 0 Å². The maximum atomic E-state index is 13.5. The van der Waals surface area contributed by atoms with Crippen LogP contribution in [0.5, 0.6) is 11.5 Å². The fraction of sp³-hybridized carbons (Fsp3) is 0.269. The van der Waals surface area contributed by atoms with E-state index in [0.717, 1.165) is 33.3 Å². The van der Waals surface area contributed by atoms with Crippen molar-refractivity contribution in [2.75, 3.05) is 30.6 Å². The Morgan fingerprint density at radius 2 is 1.66 bits per heavy atom. The molecule has 0 aliphatic carbocycles. The fourth-order valence-electron chi connectivity index (χ4n) is 3.32. The van der Waals surface area contributed by atoms with Crippen LogP contribution in [-0.2, 0) is 14.8 Å². The molecule has 0 aromatic heterocycles. The second-order valence-corrected chi connectivity index (χ2v) is 9.72. The van der Waals surface area contributed by atoms with Gasteiger partial charge < -0.3 is 14.8 Å². The molecule has 186 valence electrons. The molecule has 1 amide bonds. The highest BCUT2D eigenvalue weighted by Crippen LogP contribution is 2.25. The van der Waals surface area contributed by atoms with Gasteiger partial charge in [0, 0.05) is 0 Å². The van der Waals surface area contributed by atoms with Crippen molar-refractivity contribution in [3.8, 4) is 11.5 Å². The lowest BCUT2D eigenvalue weighted by Crippen LogP contribution is -2.41. The zero-order valence-corrected chi connectivity index (χ0v) is 20.8. The quantitative estimate of drug-likeness (QED) is 0.398. The van der Waals surface area contributed by atoms with Gasteiger partial charge in [0.05, 0.1) is 23.7 Å². The Morgan fingerprint density at radius 3 is 2.31 bits per heavy atom. The lowest BCUT2D eigenvalue weighted by Gasteiger charge is -2.24. The summed E-state index contributed by atoms with van der Waals surface area (Å²) in [5.41, 5.74) is 2.21. The molecule has 0 saturated carbocycles. The molecular formula is C26H29FN2O5S. The van der Waals surface area contributed by atoms with Gasteiger partial charge in [-0.1, -0.05) is 12.1 Å². The van der Waals surface area contributed by atoms with Gasteiger partial charge in [-0.2, -0.15) is 0 Å². The molecule has 3 aromatic carbocycles. The first-order valence-electron chi connectivity index (χ1n) is 11.2. The van der Waals surface area contributed by atoms with E-state index < -0.39 is 28.3 Å². The van der Waals surface area contributed by atoms with E-state index in [9.17, 15) is 17.6 Å². The minimum Gasteiger partial charge on any atom is -0.494 e. The lowest BCUT2D eigenvalue weighted by molar-refractivity contribution is -0.119. The Balaban J connectivity index is 1.71. The van der Waals surface area contributed by atoms with Crippen molar-refractivity contribution in [1.82, 2.24) is 5.32 Å². The smallest absolute Gasteiger partial charge is 0.264 e. The number of hydrogen-bond donors (Lipinski definition) is 1. The second kappa shape index (κ2) is 11.7. The summed E-state index contributed by atoms with van der Waals surface area (Å²) in [7, 11) is -4.11. The number of ether oxygens (including phenoxy) is 2. The van der Waals surface area contributed by atoms with Crippen LogP contribution >= 0.6 is 0 Å². The third-order valence-corrected chi connectivity index (χ3v) is 6.94. The molecule has 0 atom stereocenters. The van der Waals surface area contributed by atoms with E-state index in [1.807, 2.05) is 39.0 Å². The summed E-state index contributed by atoms with van der Waals surface area (Å²) in [6.07, 6.45) is 0. The first-order valence-corrected chi connectivity index (χ1v) is 12.6. The van der Waals surface area contributed by atoms with Crippen molar-refractivity contribution in [3.05, 3.63) is 83.7 Å². The maximum absolute atomic E-state index is 13.5. The number of benzene rings is 3. The minimum absolute atomic E-state index is 0.0173. The lowest BCUT2D eigenvalue weighted by atomic mass is 10.1. The second-order valence-electron chi connectivity index (χ2n) is 7.86. The number of aryl methyl sites for hydroxylation is 2. The molecule has 0 aliphatic heterocycles. The molecule has 3 rings (SSSR count). The molecule has 0 saturated heterocycles. The van der Waals surface area contributed by atoms with E-state index in [0.29, 0.717) is 12.4 Å². The highest BCUT2D eigenvalue weighted by atomic mass is 32.2. The van der Waals surface area contributed by atoms with Gasteiger partial charge in [0.1, 0.15) is 30.5 Å². The Labute approximate surface area is 205 Å². The van der Waals surface area contributed by atoms with Gasteiger partial charge in [-0.05, 0) is 86.5 Å². The summed E-state index contributed by atoms with van der Waals surface area (Å²) < 4.78 is 52.3. The van der Waals surface area contributed by atoms with E-state index in [2.05, 4.69) is 5.32 Å². The number of sulfonamides is 1. The van der Waals surface area contributed by atoms with Crippen molar-refractivity contribution < 1.29 is 27.1 Å². The SMILES string of the molecule is CCOc1ccc(S(=O)(=O)N(CC(=O)NCCOc2cc(C)ccc2C)c2ccc(F)cc2)cc1. The number of rotatable bonds is 11. The Bertz CT molecular complexity index is 1250. The van der Waals surface area contributed by atoms with Crippen LogP contribution in [-0.4, -0.2) is 40.6 Å². The number of halogens is 1. The maximum Gasteiger partial charge on any atom is 0.264 e. The molecule has 0 aliphatic rings. The van der Waals surface area contributed by atoms with Gasteiger partial charge in [-0.15, -0.1) is 0 Å². The summed E-state index contributed by atoms with van der Waals surface area (Å²) in [5.74, 6) is 0.222. The Kier molecular flexibility index (Phi) is 8.70. The van der Waals surface area contributed by atoms with Crippen molar-refractivity contribution in [3.63, 3.8) is 0 Å². The van der Waals surface area contributed by atoms with Crippen LogP contribution in [0.25, 0.3) is 0 Å². The van der Waals surface area contributed by atoms with Crippen molar-refractivity contribution in [2.24, 2.45) is 0 Å². The number of hydrogen-bond acceptors (Lipinski definition) is 5. The molecule has 35 heavy (non-hydrogen) atoms. The average molecular weight is 501 g/mol. The molecule has 0 radical (unpaired) electrons. The summed E-state index contributed by atoms with van der Waals surface area (Å²) in [4.78, 5) is 12.7. The molecule has 0 bridgehead atoms. The average Bonchev–Trinajstić information content (AvgIpc) is 2.83. The van der Waals surface area contributed by atoms with Gasteiger partial charge in [0.2, 0.25) is 5.91 Å². The van der Waals surface area contributed by atoms with Gasteiger partial charge in [-0.3, -0.25) is 9.10 Å². The Hall–Kier alpha value is -3.59. The van der Waals surface area contributed by atoms with E-state index in [1.54, 1.807) is 12.1 Å². The first-order chi connectivity index (χ1) is 16.7. The topological polar surface area (TPSA) is 84.9 Å². The van der Waals surface area contributed by atoms with Crippen LogP contribution < -0.4 is 19.1 Å². The fourth-order valence-corrected chi connectivity index (χ4v) is 4.75. The molecule has 0 heterocycles. The third-order valence-electron chi connectivity index (χ3n) is 5.15. The van der Waals surface area contributed by atoms with Crippen LogP contribution in [0.15, 0.2) is 71.6 Å². The summed E-state index contributed by atoms with van der Waals surface area (Å²) in [6.45, 7) is 6.09. The van der Waals surface area contributed by atoms with Gasteiger partial charge in [-0.25, -0.2) is 12.8 Å². The molecule has 7 nitrogen and oxygen atoms in total. The van der Waals surface area contributed by atoms with E-state index >= 15 is 0 Å². The van der Waals surface area contributed by atoms with Crippen molar-refractivity contribution in [2.45, 2.75) is 25.7 Å². The summed E-state index contributed by atoms with van der Waals surface area (Å²) in [5, 5.41) is 2.68. The van der Waals surface area contributed by atoms with Gasteiger partial charge in [0.15, 0.2) is 0 Å². The molecule has 3 aromatic rings. The molecule has 0 fully saturated rings. The van der Waals surface area contributed by atoms with E-state index in [4.69, 9.17) is 9.47 Å². The minimum atomic E-state index is -4.11. The number of carbonyl (C=O) groups is 1. The largest absolute Gasteiger partial charge is 0.494 e. The monoisotopic (exact) mass is 500 g/mol. The molecule has 1 N–H and O–H groups in total. The molecule has 0 spiro atoms. The zero-order valence-electron chi connectivity index (χ0n) is 20.0. The molecular weight excluding hydrogens is 471 g/mol. The number of nitrogens with zero attached hydrogens (tertiary/aromatic N) is 1. The summed E-state index contributed by atoms with van der Waals surface area (Å²) >= 11 is 0. The highest BCUT2D eigenvalue weighted by molar-refractivity contribution is 7.92. The van der Waals surface area contributed by atoms with Crippen LogP contribution in [0.3, 0.4) is 0 Å². The third kappa shape index (κ3) is 6.95. The van der Waals surface area contributed by atoms with E-state index in [-0.39, 0.29) is 23.7 Å². The molecule has 9 heteroatoms. The van der Waals surface area contributed by atoms with Crippen molar-refractivity contribution >= 4 is 21.6 Å². The molecule has 0 unspecified atom stereocenters. The standard InChI is InChI=1S/C26H29FN2O5S/c1-4-33-23-11-13-24(14-12-23)35(31,32)29(22-9-7-21(27)8-10-22)18-26(30)28-15-16-34-25-17-19(2)5-6-20(25)3/h5-14,17H,4,15-16,18H2,1-3H3,(H,28,30). The summed E-state index contributed by atoms with van der Waals surface area (Å²) in [6, 6.07) is 16.7. The normalized spacial score (nSPS) is 11.1. The van der Waals surface area contributed by atoms with Crippen LogP contribution in [0.1, 0.15) is 18.1 Å². The number of nitrogens with one attached hydrogen (secondary N) is 1. The van der Waals surface area contributed by atoms with Crippen LogP contribution in [0.2, 0.25) is 0 Å². The number of anilines is 1. The van der Waals surface area contributed by atoms with Gasteiger partial charge >= 0.3 is 0 Å². The first kappa shape index (κ1) is 26.0. The van der Waals surface area contributed by atoms with Gasteiger partial charge in [0.25, 0.3) is 10.0 Å². The Morgan fingerprint density at radius 1 is 0.971 bits per heavy atom. The van der Waals surface area contributed by atoms with Crippen LogP contribution in [0, 0.1) is 19.7 Å². The number of amides is 1.